The van der Waals surface area contributed by atoms with Crippen LogP contribution in [0.25, 0.3) is 11.1 Å². The zero-order chi connectivity index (χ0) is 17.2. The number of ether oxygens (including phenoxy) is 4. The van der Waals surface area contributed by atoms with Gasteiger partial charge in [0.25, 0.3) is 0 Å². The molecule has 8 heteroatoms. The third kappa shape index (κ3) is 2.00. The molecule has 2 aliphatic heterocycles. The zero-order valence-corrected chi connectivity index (χ0v) is 15.8. The van der Waals surface area contributed by atoms with Crippen molar-refractivity contribution in [2.45, 2.75) is 12.6 Å². The Morgan fingerprint density at radius 2 is 1.21 bits per heavy atom. The maximum absolute atomic E-state index is 10.4. The molecular weight excluding hydrogens is 448 g/mol. The average molecular weight is 460 g/mol. The van der Waals surface area contributed by atoms with Gasteiger partial charge in [0.1, 0.15) is 0 Å². The van der Waals surface area contributed by atoms with Gasteiger partial charge in [-0.25, -0.2) is 0 Å². The van der Waals surface area contributed by atoms with Crippen LogP contribution in [0, 0.1) is 0 Å². The SMILES string of the molecule is COC1Oc2c(O)c(Br)cc3c2-c2c1cc(Br)c(O)c2OC3OC. The summed E-state index contributed by atoms with van der Waals surface area (Å²) in [5.74, 6) is 0.414. The Labute approximate surface area is 154 Å². The highest BCUT2D eigenvalue weighted by Crippen LogP contribution is 2.61. The predicted octanol–water partition coefficient (Wildman–Crippen LogP) is 4.36. The fourth-order valence-electron chi connectivity index (χ4n) is 3.08. The van der Waals surface area contributed by atoms with Crippen LogP contribution in [0.15, 0.2) is 21.1 Å². The van der Waals surface area contributed by atoms with Crippen molar-refractivity contribution in [3.05, 3.63) is 32.2 Å². The van der Waals surface area contributed by atoms with E-state index in [0.717, 1.165) is 0 Å². The number of benzene rings is 2. The predicted molar refractivity (Wildman–Crippen MR) is 91.4 cm³/mol. The number of halogens is 2. The molecule has 0 amide bonds. The van der Waals surface area contributed by atoms with E-state index in [2.05, 4.69) is 31.9 Å². The number of hydrogen-bond donors (Lipinski definition) is 2. The average Bonchev–Trinajstić information content (AvgIpc) is 2.58. The van der Waals surface area contributed by atoms with Crippen LogP contribution in [0.5, 0.6) is 23.0 Å². The summed E-state index contributed by atoms with van der Waals surface area (Å²) in [7, 11) is 3.00. The van der Waals surface area contributed by atoms with Gasteiger partial charge in [0.2, 0.25) is 12.6 Å². The summed E-state index contributed by atoms with van der Waals surface area (Å²) in [6, 6.07) is 3.43. The van der Waals surface area contributed by atoms with Crippen LogP contribution in [0.1, 0.15) is 23.7 Å². The van der Waals surface area contributed by atoms with Gasteiger partial charge < -0.3 is 29.2 Å². The van der Waals surface area contributed by atoms with E-state index < -0.39 is 12.6 Å². The van der Waals surface area contributed by atoms with Crippen LogP contribution in [0.3, 0.4) is 0 Å². The first-order valence-corrected chi connectivity index (χ1v) is 8.56. The fraction of sp³-hybridized carbons (Fsp3) is 0.250. The molecule has 0 saturated carbocycles. The highest BCUT2D eigenvalue weighted by atomic mass is 79.9. The molecule has 2 unspecified atom stereocenters. The molecular formula is C16H12Br2O6. The highest BCUT2D eigenvalue weighted by Gasteiger charge is 2.41. The Hall–Kier alpha value is -1.48. The van der Waals surface area contributed by atoms with Crippen LogP contribution >= 0.6 is 31.9 Å². The summed E-state index contributed by atoms with van der Waals surface area (Å²) in [6.07, 6.45) is -1.50. The van der Waals surface area contributed by atoms with Crippen molar-refractivity contribution in [2.24, 2.45) is 0 Å². The van der Waals surface area contributed by atoms with Crippen molar-refractivity contribution in [1.82, 2.24) is 0 Å². The fourth-order valence-corrected chi connectivity index (χ4v) is 3.93. The van der Waals surface area contributed by atoms with Gasteiger partial charge in [-0.1, -0.05) is 0 Å². The Kier molecular flexibility index (Phi) is 3.68. The van der Waals surface area contributed by atoms with E-state index in [4.69, 9.17) is 18.9 Å². The molecule has 0 bridgehead atoms. The first kappa shape index (κ1) is 16.0. The van der Waals surface area contributed by atoms with E-state index in [1.165, 1.54) is 14.2 Å². The number of phenols is 2. The summed E-state index contributed by atoms with van der Waals surface area (Å²) in [4.78, 5) is 0. The second kappa shape index (κ2) is 5.52. The summed E-state index contributed by atoms with van der Waals surface area (Å²) >= 11 is 6.62. The van der Waals surface area contributed by atoms with Gasteiger partial charge in [0, 0.05) is 36.5 Å². The van der Waals surface area contributed by atoms with Gasteiger partial charge >= 0.3 is 0 Å². The van der Waals surface area contributed by atoms with Crippen LogP contribution in [0.4, 0.5) is 0 Å². The van der Waals surface area contributed by atoms with Crippen molar-refractivity contribution < 1.29 is 29.2 Å². The van der Waals surface area contributed by atoms with E-state index in [9.17, 15) is 10.2 Å². The number of phenolic OH excluding ortho intramolecular Hbond substituents is 2. The van der Waals surface area contributed by atoms with Crippen LogP contribution < -0.4 is 9.47 Å². The van der Waals surface area contributed by atoms with Crippen molar-refractivity contribution in [3.8, 4) is 34.1 Å². The van der Waals surface area contributed by atoms with E-state index in [0.29, 0.717) is 31.2 Å². The Bertz CT molecular complexity index is 795. The molecule has 2 aliphatic rings. The molecule has 2 atom stereocenters. The first-order chi connectivity index (χ1) is 11.5. The van der Waals surface area contributed by atoms with E-state index in [1.54, 1.807) is 12.1 Å². The molecule has 4 rings (SSSR count). The molecule has 0 fully saturated rings. The van der Waals surface area contributed by atoms with Gasteiger partial charge in [-0.3, -0.25) is 0 Å². The minimum absolute atomic E-state index is 0.0495. The molecule has 2 aromatic carbocycles. The minimum atomic E-state index is -0.751. The lowest BCUT2D eigenvalue weighted by molar-refractivity contribution is -0.0705. The molecule has 126 valence electrons. The highest BCUT2D eigenvalue weighted by molar-refractivity contribution is 9.10. The first-order valence-electron chi connectivity index (χ1n) is 6.97. The molecule has 0 spiro atoms. The second-order valence-corrected chi connectivity index (χ2v) is 7.08. The standard InChI is InChI=1S/C16H12Br2O6/c1-21-15-5-3-7(17)12(20)14-9(5)10-6(16(22-2)24-14)4-8(18)11(19)13(10)23-15/h3-4,15-16,19-20H,1-2H3. The molecule has 2 heterocycles. The number of aromatic hydroxyl groups is 2. The van der Waals surface area contributed by atoms with Crippen LogP contribution in [-0.4, -0.2) is 24.4 Å². The molecule has 0 saturated heterocycles. The lowest BCUT2D eigenvalue weighted by Gasteiger charge is -2.36. The Morgan fingerprint density at radius 1 is 0.833 bits per heavy atom. The van der Waals surface area contributed by atoms with Crippen LogP contribution in [-0.2, 0) is 9.47 Å². The third-order valence-corrected chi connectivity index (χ3v) is 5.32. The maximum Gasteiger partial charge on any atom is 0.227 e. The summed E-state index contributed by atoms with van der Waals surface area (Å²) < 4.78 is 23.4. The summed E-state index contributed by atoms with van der Waals surface area (Å²) in [5, 5.41) is 20.8. The minimum Gasteiger partial charge on any atom is -0.503 e. The third-order valence-electron chi connectivity index (χ3n) is 4.11. The maximum atomic E-state index is 10.4. The van der Waals surface area contributed by atoms with Gasteiger partial charge in [-0.15, -0.1) is 0 Å². The lowest BCUT2D eigenvalue weighted by atomic mass is 9.88. The topological polar surface area (TPSA) is 77.4 Å². The molecule has 24 heavy (non-hydrogen) atoms. The molecule has 0 aromatic heterocycles. The van der Waals surface area contributed by atoms with Gasteiger partial charge in [-0.2, -0.15) is 0 Å². The van der Waals surface area contributed by atoms with Gasteiger partial charge in [0.15, 0.2) is 23.0 Å². The molecule has 2 aromatic rings. The molecule has 0 aliphatic carbocycles. The van der Waals surface area contributed by atoms with Gasteiger partial charge in [-0.05, 0) is 44.0 Å². The molecule has 0 radical (unpaired) electrons. The van der Waals surface area contributed by atoms with E-state index in [1.807, 2.05) is 0 Å². The monoisotopic (exact) mass is 458 g/mol. The van der Waals surface area contributed by atoms with Crippen molar-refractivity contribution >= 4 is 31.9 Å². The zero-order valence-electron chi connectivity index (χ0n) is 12.6. The second-order valence-electron chi connectivity index (χ2n) is 5.37. The number of methoxy groups -OCH3 is 2. The normalized spacial score (nSPS) is 20.2. The van der Waals surface area contributed by atoms with Crippen LogP contribution in [0.2, 0.25) is 0 Å². The Morgan fingerprint density at radius 3 is 1.54 bits per heavy atom. The van der Waals surface area contributed by atoms with Gasteiger partial charge in [0.05, 0.1) is 8.95 Å². The largest absolute Gasteiger partial charge is 0.503 e. The van der Waals surface area contributed by atoms with E-state index in [-0.39, 0.29) is 23.0 Å². The molecule has 6 nitrogen and oxygen atoms in total. The molecule has 2 N–H and O–H groups in total. The quantitative estimate of drug-likeness (QED) is 0.694. The smallest absolute Gasteiger partial charge is 0.227 e. The van der Waals surface area contributed by atoms with Crippen molar-refractivity contribution in [2.75, 3.05) is 14.2 Å². The summed E-state index contributed by atoms with van der Waals surface area (Å²) in [6.45, 7) is 0. The number of rotatable bonds is 2. The number of hydrogen-bond acceptors (Lipinski definition) is 6. The lowest BCUT2D eigenvalue weighted by Crippen LogP contribution is -2.23. The van der Waals surface area contributed by atoms with Crippen molar-refractivity contribution in [1.29, 1.82) is 0 Å². The van der Waals surface area contributed by atoms with E-state index >= 15 is 0 Å². The summed E-state index contributed by atoms with van der Waals surface area (Å²) in [5.41, 5.74) is 2.61. The Balaban J connectivity index is 2.15. The van der Waals surface area contributed by atoms with Crippen molar-refractivity contribution in [3.63, 3.8) is 0 Å².